The zero-order valence-corrected chi connectivity index (χ0v) is 14.3. The standard InChI is InChI=1S/C17H15BrN2O3/c1-22-14-7-12-13(8-15(14)23-2)20-16(21)9-19-17(12)10-3-5-11(18)6-4-10/h3-8H,9H2,1-2H3,(H,20,21). The summed E-state index contributed by atoms with van der Waals surface area (Å²) >= 11 is 3.42. The van der Waals surface area contributed by atoms with Gasteiger partial charge in [-0.2, -0.15) is 0 Å². The summed E-state index contributed by atoms with van der Waals surface area (Å²) in [5.74, 6) is 0.987. The number of anilines is 1. The fourth-order valence-corrected chi connectivity index (χ4v) is 2.72. The number of aliphatic imine (C=N–C) groups is 1. The summed E-state index contributed by atoms with van der Waals surface area (Å²) < 4.78 is 11.7. The van der Waals surface area contributed by atoms with E-state index in [1.165, 1.54) is 0 Å². The molecule has 1 aliphatic heterocycles. The molecule has 0 spiro atoms. The Kier molecular flexibility index (Phi) is 4.34. The number of carbonyl (C=O) groups excluding carboxylic acids is 1. The minimum absolute atomic E-state index is 0.0741. The Labute approximate surface area is 142 Å². The molecule has 1 heterocycles. The smallest absolute Gasteiger partial charge is 0.246 e. The lowest BCUT2D eigenvalue weighted by molar-refractivity contribution is -0.114. The van der Waals surface area contributed by atoms with E-state index in [4.69, 9.17) is 9.47 Å². The van der Waals surface area contributed by atoms with Gasteiger partial charge in [-0.15, -0.1) is 0 Å². The van der Waals surface area contributed by atoms with E-state index < -0.39 is 0 Å². The molecule has 1 aliphatic rings. The predicted octanol–water partition coefficient (Wildman–Crippen LogP) is 3.26. The van der Waals surface area contributed by atoms with Crippen LogP contribution in [-0.4, -0.2) is 32.4 Å². The fraction of sp³-hybridized carbons (Fsp3) is 0.176. The van der Waals surface area contributed by atoms with Gasteiger partial charge in [-0.05, 0) is 18.2 Å². The molecule has 0 radical (unpaired) electrons. The summed E-state index contributed by atoms with van der Waals surface area (Å²) in [5, 5.41) is 2.86. The number of hydrogen-bond donors (Lipinski definition) is 1. The van der Waals surface area contributed by atoms with Crippen molar-refractivity contribution < 1.29 is 14.3 Å². The third-order valence-electron chi connectivity index (χ3n) is 3.55. The SMILES string of the molecule is COc1cc2c(cc1OC)C(c1ccc(Br)cc1)=NCC(=O)N2. The van der Waals surface area contributed by atoms with Crippen LogP contribution in [-0.2, 0) is 4.79 Å². The topological polar surface area (TPSA) is 59.9 Å². The third kappa shape index (κ3) is 3.07. The summed E-state index contributed by atoms with van der Waals surface area (Å²) in [4.78, 5) is 16.4. The van der Waals surface area contributed by atoms with Crippen molar-refractivity contribution in [2.75, 3.05) is 26.1 Å². The van der Waals surface area contributed by atoms with E-state index in [1.807, 2.05) is 30.3 Å². The van der Waals surface area contributed by atoms with Crippen LogP contribution in [0.25, 0.3) is 0 Å². The molecule has 2 aromatic carbocycles. The van der Waals surface area contributed by atoms with Gasteiger partial charge in [-0.3, -0.25) is 9.79 Å². The number of benzene rings is 2. The minimum atomic E-state index is -0.161. The summed E-state index contributed by atoms with van der Waals surface area (Å²) in [7, 11) is 3.14. The largest absolute Gasteiger partial charge is 0.493 e. The molecule has 0 atom stereocenters. The van der Waals surface area contributed by atoms with E-state index >= 15 is 0 Å². The quantitative estimate of drug-likeness (QED) is 0.896. The van der Waals surface area contributed by atoms with E-state index in [-0.39, 0.29) is 12.5 Å². The van der Waals surface area contributed by atoms with Gasteiger partial charge in [0, 0.05) is 21.7 Å². The maximum absolute atomic E-state index is 11.9. The third-order valence-corrected chi connectivity index (χ3v) is 4.08. The van der Waals surface area contributed by atoms with Crippen LogP contribution in [0.2, 0.25) is 0 Å². The van der Waals surface area contributed by atoms with E-state index in [0.717, 1.165) is 21.3 Å². The van der Waals surface area contributed by atoms with Crippen LogP contribution in [0.4, 0.5) is 5.69 Å². The first-order valence-corrected chi connectivity index (χ1v) is 7.78. The number of rotatable bonds is 3. The number of ether oxygens (including phenoxy) is 2. The molecule has 1 N–H and O–H groups in total. The average molecular weight is 375 g/mol. The van der Waals surface area contributed by atoms with Crippen LogP contribution in [0.5, 0.6) is 11.5 Å². The van der Waals surface area contributed by atoms with Crippen molar-refractivity contribution in [3.8, 4) is 11.5 Å². The van der Waals surface area contributed by atoms with Crippen molar-refractivity contribution in [3.63, 3.8) is 0 Å². The van der Waals surface area contributed by atoms with Gasteiger partial charge in [0.25, 0.3) is 0 Å². The highest BCUT2D eigenvalue weighted by molar-refractivity contribution is 9.10. The van der Waals surface area contributed by atoms with Crippen molar-refractivity contribution in [1.82, 2.24) is 0 Å². The average Bonchev–Trinajstić information content (AvgIpc) is 2.72. The molecule has 2 aromatic rings. The maximum atomic E-state index is 11.9. The second-order valence-corrected chi connectivity index (χ2v) is 5.89. The van der Waals surface area contributed by atoms with Gasteiger partial charge in [0.05, 0.1) is 25.6 Å². The molecule has 0 saturated carbocycles. The number of carbonyl (C=O) groups is 1. The van der Waals surface area contributed by atoms with Gasteiger partial charge < -0.3 is 14.8 Å². The van der Waals surface area contributed by atoms with Crippen LogP contribution in [0.3, 0.4) is 0 Å². The Hall–Kier alpha value is -2.34. The molecule has 3 rings (SSSR count). The first-order chi connectivity index (χ1) is 11.1. The molecule has 0 aromatic heterocycles. The maximum Gasteiger partial charge on any atom is 0.246 e. The lowest BCUT2D eigenvalue weighted by atomic mass is 10.00. The molecule has 23 heavy (non-hydrogen) atoms. The number of hydrogen-bond acceptors (Lipinski definition) is 4. The lowest BCUT2D eigenvalue weighted by Crippen LogP contribution is -2.13. The first-order valence-electron chi connectivity index (χ1n) is 6.99. The number of methoxy groups -OCH3 is 2. The first kappa shape index (κ1) is 15.6. The van der Waals surface area contributed by atoms with Gasteiger partial charge in [-0.1, -0.05) is 28.1 Å². The minimum Gasteiger partial charge on any atom is -0.493 e. The molecule has 118 valence electrons. The summed E-state index contributed by atoms with van der Waals surface area (Å²) in [6.45, 7) is 0.0741. The Morgan fingerprint density at radius 3 is 2.39 bits per heavy atom. The highest BCUT2D eigenvalue weighted by Gasteiger charge is 2.21. The highest BCUT2D eigenvalue weighted by atomic mass is 79.9. The number of amides is 1. The summed E-state index contributed by atoms with van der Waals surface area (Å²) in [5.41, 5.74) is 3.13. The van der Waals surface area contributed by atoms with Crippen molar-refractivity contribution in [2.24, 2.45) is 4.99 Å². The second kappa shape index (κ2) is 6.42. The van der Waals surface area contributed by atoms with Gasteiger partial charge in [0.2, 0.25) is 5.91 Å². The van der Waals surface area contributed by atoms with Gasteiger partial charge in [0.1, 0.15) is 6.54 Å². The van der Waals surface area contributed by atoms with Crippen LogP contribution >= 0.6 is 15.9 Å². The van der Waals surface area contributed by atoms with Gasteiger partial charge >= 0.3 is 0 Å². The number of nitrogens with one attached hydrogen (secondary N) is 1. The summed E-state index contributed by atoms with van der Waals surface area (Å²) in [6.07, 6.45) is 0. The number of halogens is 1. The van der Waals surface area contributed by atoms with Gasteiger partial charge in [-0.25, -0.2) is 0 Å². The van der Waals surface area contributed by atoms with E-state index in [0.29, 0.717) is 17.2 Å². The molecule has 1 amide bonds. The molecule has 5 nitrogen and oxygen atoms in total. The number of fused-ring (bicyclic) bond motifs is 1. The molecule has 0 fully saturated rings. The zero-order chi connectivity index (χ0) is 16.4. The normalized spacial score (nSPS) is 13.5. The summed E-state index contributed by atoms with van der Waals surface area (Å²) in [6, 6.07) is 11.4. The molecule has 6 heteroatoms. The Balaban J connectivity index is 2.19. The monoisotopic (exact) mass is 374 g/mol. The molecule has 0 bridgehead atoms. The van der Waals surface area contributed by atoms with Crippen LogP contribution in [0.1, 0.15) is 11.1 Å². The highest BCUT2D eigenvalue weighted by Crippen LogP contribution is 2.35. The van der Waals surface area contributed by atoms with Crippen molar-refractivity contribution in [2.45, 2.75) is 0 Å². The Bertz CT molecular complexity index is 785. The Morgan fingerprint density at radius 2 is 1.74 bits per heavy atom. The molecular formula is C17H15BrN2O3. The predicted molar refractivity (Wildman–Crippen MR) is 92.8 cm³/mol. The number of nitrogens with zero attached hydrogens (tertiary/aromatic N) is 1. The van der Waals surface area contributed by atoms with Gasteiger partial charge in [0.15, 0.2) is 11.5 Å². The van der Waals surface area contributed by atoms with Crippen molar-refractivity contribution in [1.29, 1.82) is 0 Å². The molecule has 0 unspecified atom stereocenters. The van der Waals surface area contributed by atoms with E-state index in [2.05, 4.69) is 26.2 Å². The van der Waals surface area contributed by atoms with Crippen LogP contribution < -0.4 is 14.8 Å². The fourth-order valence-electron chi connectivity index (χ4n) is 2.46. The zero-order valence-electron chi connectivity index (χ0n) is 12.7. The second-order valence-electron chi connectivity index (χ2n) is 4.97. The van der Waals surface area contributed by atoms with E-state index in [9.17, 15) is 4.79 Å². The van der Waals surface area contributed by atoms with Crippen LogP contribution in [0.15, 0.2) is 45.9 Å². The van der Waals surface area contributed by atoms with E-state index in [1.54, 1.807) is 20.3 Å². The van der Waals surface area contributed by atoms with Crippen molar-refractivity contribution >= 4 is 33.2 Å². The van der Waals surface area contributed by atoms with Crippen LogP contribution in [0, 0.1) is 0 Å². The number of benzodiazepines with no additional fused rings is 1. The Morgan fingerprint density at radius 1 is 1.09 bits per heavy atom. The molecular weight excluding hydrogens is 360 g/mol. The van der Waals surface area contributed by atoms with Crippen molar-refractivity contribution in [3.05, 3.63) is 52.0 Å². The molecule has 0 saturated heterocycles. The lowest BCUT2D eigenvalue weighted by Gasteiger charge is -2.15. The molecule has 0 aliphatic carbocycles.